The number of methoxy groups -OCH3 is 1. The molecule has 0 saturated carbocycles. The largest absolute Gasteiger partial charge is 0.489 e. The number of carbonyl (C=O) groups excluding carboxylic acids is 1. The van der Waals surface area contributed by atoms with Crippen molar-refractivity contribution in [1.82, 2.24) is 5.32 Å². The average Bonchev–Trinajstić information content (AvgIpc) is 2.50. The first-order chi connectivity index (χ1) is 10.3. The van der Waals surface area contributed by atoms with Crippen LogP contribution in [0.5, 0.6) is 5.75 Å². The van der Waals surface area contributed by atoms with Gasteiger partial charge in [0.05, 0.1) is 25.4 Å². The summed E-state index contributed by atoms with van der Waals surface area (Å²) in [5.74, 6) is 0.523. The fourth-order valence-electron chi connectivity index (χ4n) is 1.62. The monoisotopic (exact) mass is 296 g/mol. The lowest BCUT2D eigenvalue weighted by Gasteiger charge is -2.12. The third-order valence-corrected chi connectivity index (χ3v) is 2.62. The highest BCUT2D eigenvalue weighted by molar-refractivity contribution is 5.93. The normalized spacial score (nSPS) is 10.4. The second kappa shape index (κ2) is 11.1. The van der Waals surface area contributed by atoms with Gasteiger partial charge in [-0.1, -0.05) is 12.1 Å². The van der Waals surface area contributed by atoms with E-state index in [4.69, 9.17) is 14.2 Å². The third-order valence-electron chi connectivity index (χ3n) is 2.62. The molecule has 1 amide bonds. The Morgan fingerprint density at radius 2 is 2.00 bits per heavy atom. The number of ether oxygens (including phenoxy) is 3. The van der Waals surface area contributed by atoms with Crippen molar-refractivity contribution < 1.29 is 19.0 Å². The number of rotatable bonds is 11. The molecule has 0 spiro atoms. The van der Waals surface area contributed by atoms with E-state index in [2.05, 4.69) is 10.6 Å². The van der Waals surface area contributed by atoms with E-state index in [1.807, 2.05) is 31.2 Å². The maximum Gasteiger partial charge on any atom is 0.238 e. The molecule has 0 aromatic heterocycles. The smallest absolute Gasteiger partial charge is 0.238 e. The van der Waals surface area contributed by atoms with E-state index in [1.165, 1.54) is 0 Å². The predicted octanol–water partition coefficient (Wildman–Crippen LogP) is 1.28. The second-order valence-corrected chi connectivity index (χ2v) is 4.26. The number of amides is 1. The lowest BCUT2D eigenvalue weighted by Crippen LogP contribution is -2.30. The second-order valence-electron chi connectivity index (χ2n) is 4.26. The minimum absolute atomic E-state index is 0.119. The van der Waals surface area contributed by atoms with Crippen molar-refractivity contribution in [1.29, 1.82) is 0 Å². The van der Waals surface area contributed by atoms with Gasteiger partial charge in [-0.15, -0.1) is 0 Å². The lowest BCUT2D eigenvalue weighted by atomic mass is 10.3. The Morgan fingerprint density at radius 1 is 1.19 bits per heavy atom. The standard InChI is InChI=1S/C15H24N2O4/c1-3-20-10-11-21-14-7-5-4-6-13(14)17-15(18)12-16-8-9-19-2/h4-7,16H,3,8-12H2,1-2H3,(H,17,18). The Hall–Kier alpha value is -1.63. The Labute approximate surface area is 125 Å². The maximum atomic E-state index is 11.8. The molecule has 0 atom stereocenters. The van der Waals surface area contributed by atoms with Crippen LogP contribution in [0.25, 0.3) is 0 Å². The number of hydrogen-bond donors (Lipinski definition) is 2. The molecule has 0 fully saturated rings. The Bertz CT molecular complexity index is 412. The van der Waals surface area contributed by atoms with Gasteiger partial charge in [0, 0.05) is 20.3 Å². The number of nitrogens with one attached hydrogen (secondary N) is 2. The predicted molar refractivity (Wildman–Crippen MR) is 81.8 cm³/mol. The van der Waals surface area contributed by atoms with Crippen molar-refractivity contribution in [2.24, 2.45) is 0 Å². The van der Waals surface area contributed by atoms with Crippen molar-refractivity contribution in [2.45, 2.75) is 6.92 Å². The first-order valence-electron chi connectivity index (χ1n) is 7.07. The molecule has 21 heavy (non-hydrogen) atoms. The van der Waals surface area contributed by atoms with E-state index in [1.54, 1.807) is 7.11 Å². The molecule has 0 heterocycles. The Kier molecular flexibility index (Phi) is 9.19. The van der Waals surface area contributed by atoms with E-state index in [0.717, 1.165) is 0 Å². The number of para-hydroxylation sites is 2. The minimum atomic E-state index is -0.119. The summed E-state index contributed by atoms with van der Waals surface area (Å²) < 4.78 is 15.7. The summed E-state index contributed by atoms with van der Waals surface area (Å²) in [6, 6.07) is 7.34. The summed E-state index contributed by atoms with van der Waals surface area (Å²) in [6.45, 7) is 5.02. The summed E-state index contributed by atoms with van der Waals surface area (Å²) >= 11 is 0. The molecular weight excluding hydrogens is 272 g/mol. The number of benzene rings is 1. The van der Waals surface area contributed by atoms with Gasteiger partial charge in [-0.3, -0.25) is 4.79 Å². The van der Waals surface area contributed by atoms with E-state index < -0.39 is 0 Å². The van der Waals surface area contributed by atoms with Crippen molar-refractivity contribution in [3.8, 4) is 5.75 Å². The van der Waals surface area contributed by atoms with Crippen molar-refractivity contribution in [2.75, 3.05) is 51.9 Å². The quantitative estimate of drug-likeness (QED) is 0.602. The van der Waals surface area contributed by atoms with E-state index in [-0.39, 0.29) is 12.5 Å². The van der Waals surface area contributed by atoms with Crippen LogP contribution in [0.3, 0.4) is 0 Å². The number of hydrogen-bond acceptors (Lipinski definition) is 5. The van der Waals surface area contributed by atoms with Gasteiger partial charge in [0.15, 0.2) is 0 Å². The zero-order valence-corrected chi connectivity index (χ0v) is 12.7. The van der Waals surface area contributed by atoms with Gasteiger partial charge >= 0.3 is 0 Å². The summed E-state index contributed by atoms with van der Waals surface area (Å²) in [5, 5.41) is 5.81. The fraction of sp³-hybridized carbons (Fsp3) is 0.533. The van der Waals surface area contributed by atoms with Crippen molar-refractivity contribution in [3.05, 3.63) is 24.3 Å². The SMILES string of the molecule is CCOCCOc1ccccc1NC(=O)CNCCOC. The number of carbonyl (C=O) groups is 1. The van der Waals surface area contributed by atoms with Gasteiger partial charge in [0.25, 0.3) is 0 Å². The first kappa shape index (κ1) is 17.4. The average molecular weight is 296 g/mol. The molecule has 6 nitrogen and oxygen atoms in total. The molecule has 0 radical (unpaired) electrons. The summed E-state index contributed by atoms with van der Waals surface area (Å²) in [7, 11) is 1.62. The van der Waals surface area contributed by atoms with Crippen LogP contribution in [0.1, 0.15) is 6.92 Å². The highest BCUT2D eigenvalue weighted by atomic mass is 16.5. The van der Waals surface area contributed by atoms with Crippen LogP contribution in [-0.4, -0.2) is 52.5 Å². The molecule has 2 N–H and O–H groups in total. The zero-order valence-electron chi connectivity index (χ0n) is 12.7. The molecule has 1 rings (SSSR count). The first-order valence-corrected chi connectivity index (χ1v) is 7.07. The Balaban J connectivity index is 2.40. The van der Waals surface area contributed by atoms with Gasteiger partial charge in [0.1, 0.15) is 12.4 Å². The molecule has 0 aliphatic carbocycles. The summed E-state index contributed by atoms with van der Waals surface area (Å²) in [5.41, 5.74) is 0.660. The Morgan fingerprint density at radius 3 is 2.76 bits per heavy atom. The van der Waals surface area contributed by atoms with Crippen LogP contribution in [0.15, 0.2) is 24.3 Å². The summed E-state index contributed by atoms with van der Waals surface area (Å²) in [6.07, 6.45) is 0. The van der Waals surface area contributed by atoms with E-state index in [0.29, 0.717) is 44.4 Å². The molecule has 0 aliphatic rings. The highest BCUT2D eigenvalue weighted by Crippen LogP contribution is 2.23. The van der Waals surface area contributed by atoms with Crippen molar-refractivity contribution >= 4 is 11.6 Å². The van der Waals surface area contributed by atoms with Crippen LogP contribution in [-0.2, 0) is 14.3 Å². The van der Waals surface area contributed by atoms with Crippen molar-refractivity contribution in [3.63, 3.8) is 0 Å². The van der Waals surface area contributed by atoms with Gasteiger partial charge in [-0.25, -0.2) is 0 Å². The molecule has 0 unspecified atom stereocenters. The minimum Gasteiger partial charge on any atom is -0.489 e. The molecule has 0 bridgehead atoms. The van der Waals surface area contributed by atoms with E-state index >= 15 is 0 Å². The maximum absolute atomic E-state index is 11.8. The summed E-state index contributed by atoms with van der Waals surface area (Å²) in [4.78, 5) is 11.8. The van der Waals surface area contributed by atoms with Gasteiger partial charge < -0.3 is 24.8 Å². The molecule has 1 aromatic carbocycles. The fourth-order valence-corrected chi connectivity index (χ4v) is 1.62. The molecule has 0 saturated heterocycles. The molecule has 1 aromatic rings. The van der Waals surface area contributed by atoms with Gasteiger partial charge in [-0.05, 0) is 19.1 Å². The highest BCUT2D eigenvalue weighted by Gasteiger charge is 2.07. The van der Waals surface area contributed by atoms with Crippen LogP contribution in [0.2, 0.25) is 0 Å². The van der Waals surface area contributed by atoms with Gasteiger partial charge in [0.2, 0.25) is 5.91 Å². The zero-order chi connectivity index (χ0) is 15.3. The molecule has 0 aliphatic heterocycles. The lowest BCUT2D eigenvalue weighted by molar-refractivity contribution is -0.115. The molecule has 118 valence electrons. The third kappa shape index (κ3) is 7.65. The van der Waals surface area contributed by atoms with Gasteiger partial charge in [-0.2, -0.15) is 0 Å². The topological polar surface area (TPSA) is 68.8 Å². The van der Waals surface area contributed by atoms with Crippen LogP contribution in [0.4, 0.5) is 5.69 Å². The van der Waals surface area contributed by atoms with Crippen LogP contribution < -0.4 is 15.4 Å². The molecular formula is C15H24N2O4. The van der Waals surface area contributed by atoms with Crippen LogP contribution in [0, 0.1) is 0 Å². The molecule has 6 heteroatoms. The van der Waals surface area contributed by atoms with Crippen LogP contribution >= 0.6 is 0 Å². The van der Waals surface area contributed by atoms with E-state index in [9.17, 15) is 4.79 Å². The number of anilines is 1.